The zero-order valence-corrected chi connectivity index (χ0v) is 14.7. The number of esters is 1. The number of hydrogen-bond donors (Lipinski definition) is 2. The molecule has 5 nitrogen and oxygen atoms in total. The molecule has 25 heavy (non-hydrogen) atoms. The van der Waals surface area contributed by atoms with Gasteiger partial charge in [-0.1, -0.05) is 26.0 Å². The fourth-order valence-corrected chi connectivity index (χ4v) is 3.02. The number of carboxylic acid groups (broad SMARTS) is 1. The van der Waals surface area contributed by atoms with Crippen LogP contribution in [0.15, 0.2) is 46.8 Å². The zero-order chi connectivity index (χ0) is 18.7. The number of dihydropyridines is 1. The van der Waals surface area contributed by atoms with Crippen LogP contribution in [0.5, 0.6) is 0 Å². The van der Waals surface area contributed by atoms with E-state index in [2.05, 4.69) is 5.32 Å². The first kappa shape index (κ1) is 18.7. The Hall–Kier alpha value is -2.63. The van der Waals surface area contributed by atoms with Gasteiger partial charge in [-0.15, -0.1) is 0 Å². The lowest BCUT2D eigenvalue weighted by Crippen LogP contribution is -2.34. The Labute approximate surface area is 146 Å². The Balaban J connectivity index is 2.72. The largest absolute Gasteiger partial charge is 0.478 e. The van der Waals surface area contributed by atoms with Crippen LogP contribution in [0.1, 0.15) is 39.2 Å². The Kier molecular flexibility index (Phi) is 5.62. The highest BCUT2D eigenvalue weighted by molar-refractivity contribution is 5.99. The maximum Gasteiger partial charge on any atom is 0.336 e. The summed E-state index contributed by atoms with van der Waals surface area (Å²) in [5, 5.41) is 12.8. The van der Waals surface area contributed by atoms with Gasteiger partial charge in [-0.2, -0.15) is 0 Å². The molecule has 6 heteroatoms. The number of benzene rings is 1. The summed E-state index contributed by atoms with van der Waals surface area (Å²) < 4.78 is 18.5. The van der Waals surface area contributed by atoms with E-state index >= 15 is 0 Å². The fourth-order valence-electron chi connectivity index (χ4n) is 3.02. The summed E-state index contributed by atoms with van der Waals surface area (Å²) in [4.78, 5) is 24.5. The van der Waals surface area contributed by atoms with Crippen molar-refractivity contribution in [3.8, 4) is 0 Å². The lowest BCUT2D eigenvalue weighted by molar-refractivity contribution is -0.139. The summed E-state index contributed by atoms with van der Waals surface area (Å²) >= 11 is 0. The average molecular weight is 347 g/mol. The number of carbonyl (C=O) groups excluding carboxylic acids is 1. The van der Waals surface area contributed by atoms with Crippen LogP contribution in [0.4, 0.5) is 4.39 Å². The summed E-state index contributed by atoms with van der Waals surface area (Å²) in [6.45, 7) is 7.33. The van der Waals surface area contributed by atoms with Gasteiger partial charge in [0, 0.05) is 11.4 Å². The van der Waals surface area contributed by atoms with Crippen molar-refractivity contribution in [1.82, 2.24) is 5.32 Å². The fraction of sp³-hybridized carbons (Fsp3) is 0.368. The second-order valence-electron chi connectivity index (χ2n) is 6.16. The number of ether oxygens (including phenoxy) is 1. The van der Waals surface area contributed by atoms with Gasteiger partial charge in [0.1, 0.15) is 5.82 Å². The van der Waals surface area contributed by atoms with Crippen molar-refractivity contribution in [2.24, 2.45) is 5.92 Å². The van der Waals surface area contributed by atoms with Crippen LogP contribution in [0, 0.1) is 11.7 Å². The molecule has 1 aromatic carbocycles. The molecule has 1 heterocycles. The molecule has 134 valence electrons. The number of halogens is 1. The molecule has 0 saturated carbocycles. The van der Waals surface area contributed by atoms with E-state index in [0.29, 0.717) is 17.0 Å². The van der Waals surface area contributed by atoms with Gasteiger partial charge in [0.05, 0.1) is 23.7 Å². The summed E-state index contributed by atoms with van der Waals surface area (Å²) in [5.74, 6) is -3.01. The van der Waals surface area contributed by atoms with Gasteiger partial charge in [-0.05, 0) is 37.5 Å². The van der Waals surface area contributed by atoms with E-state index in [4.69, 9.17) is 4.74 Å². The van der Waals surface area contributed by atoms with E-state index in [1.165, 1.54) is 24.3 Å². The first-order valence-corrected chi connectivity index (χ1v) is 8.15. The van der Waals surface area contributed by atoms with E-state index in [9.17, 15) is 19.1 Å². The molecule has 0 bridgehead atoms. The van der Waals surface area contributed by atoms with Gasteiger partial charge in [0.2, 0.25) is 0 Å². The van der Waals surface area contributed by atoms with Crippen molar-refractivity contribution in [3.05, 3.63) is 58.2 Å². The highest BCUT2D eigenvalue weighted by atomic mass is 19.1. The molecule has 2 rings (SSSR count). The van der Waals surface area contributed by atoms with Crippen LogP contribution in [-0.4, -0.2) is 23.7 Å². The predicted molar refractivity (Wildman–Crippen MR) is 91.1 cm³/mol. The molecule has 0 saturated heterocycles. The van der Waals surface area contributed by atoms with Gasteiger partial charge in [-0.25, -0.2) is 14.0 Å². The van der Waals surface area contributed by atoms with Gasteiger partial charge in [0.15, 0.2) is 0 Å². The molecule has 0 spiro atoms. The molecule has 2 N–H and O–H groups in total. The number of carbonyl (C=O) groups is 2. The standard InChI is InChI=1S/C19H22FNO4/c1-5-25-19(24)16-15(12-6-8-13(20)9-7-12)14(18(22)23)11(4)21-17(16)10(2)3/h6-10,15,21H,5H2,1-4H3,(H,22,23). The normalized spacial score (nSPS) is 17.6. The predicted octanol–water partition coefficient (Wildman–Crippen LogP) is 3.34. The molecule has 1 aromatic rings. The van der Waals surface area contributed by atoms with Gasteiger partial charge in [0.25, 0.3) is 0 Å². The second kappa shape index (κ2) is 7.51. The summed E-state index contributed by atoms with van der Waals surface area (Å²) in [5.41, 5.74) is 1.92. The van der Waals surface area contributed by atoms with E-state index < -0.39 is 23.7 Å². The minimum Gasteiger partial charge on any atom is -0.478 e. The van der Waals surface area contributed by atoms with Crippen LogP contribution < -0.4 is 5.32 Å². The van der Waals surface area contributed by atoms with Crippen LogP contribution in [0.25, 0.3) is 0 Å². The number of hydrogen-bond acceptors (Lipinski definition) is 4. The Morgan fingerprint density at radius 1 is 1.24 bits per heavy atom. The molecule has 0 amide bonds. The lowest BCUT2D eigenvalue weighted by Gasteiger charge is -2.32. The number of nitrogens with one attached hydrogen (secondary N) is 1. The van der Waals surface area contributed by atoms with Gasteiger partial charge >= 0.3 is 11.9 Å². The van der Waals surface area contributed by atoms with E-state index in [1.807, 2.05) is 13.8 Å². The minimum atomic E-state index is -1.14. The number of allylic oxidation sites excluding steroid dienone is 2. The summed E-state index contributed by atoms with van der Waals surface area (Å²) in [7, 11) is 0. The Bertz CT molecular complexity index is 747. The zero-order valence-electron chi connectivity index (χ0n) is 14.7. The highest BCUT2D eigenvalue weighted by Gasteiger charge is 2.38. The first-order chi connectivity index (χ1) is 11.8. The van der Waals surface area contributed by atoms with Crippen LogP contribution in [0.3, 0.4) is 0 Å². The van der Waals surface area contributed by atoms with Crippen molar-refractivity contribution in [3.63, 3.8) is 0 Å². The molecule has 1 unspecified atom stereocenters. The maximum absolute atomic E-state index is 13.3. The molecule has 0 fully saturated rings. The van der Waals surface area contributed by atoms with Gasteiger partial charge in [-0.3, -0.25) is 0 Å². The summed E-state index contributed by atoms with van der Waals surface area (Å²) in [6, 6.07) is 5.51. The molecule has 0 radical (unpaired) electrons. The monoisotopic (exact) mass is 347 g/mol. The van der Waals surface area contributed by atoms with E-state index in [1.54, 1.807) is 13.8 Å². The quantitative estimate of drug-likeness (QED) is 0.799. The van der Waals surface area contributed by atoms with Crippen molar-refractivity contribution >= 4 is 11.9 Å². The lowest BCUT2D eigenvalue weighted by atomic mass is 9.78. The second-order valence-corrected chi connectivity index (χ2v) is 6.16. The molecular formula is C19H22FNO4. The number of carboxylic acids is 1. The smallest absolute Gasteiger partial charge is 0.336 e. The molecule has 1 aliphatic rings. The van der Waals surface area contributed by atoms with E-state index in [-0.39, 0.29) is 23.7 Å². The van der Waals surface area contributed by atoms with Gasteiger partial charge < -0.3 is 15.2 Å². The van der Waals surface area contributed by atoms with Crippen molar-refractivity contribution < 1.29 is 23.8 Å². The molecule has 1 aliphatic heterocycles. The van der Waals surface area contributed by atoms with Crippen LogP contribution in [0.2, 0.25) is 0 Å². The highest BCUT2D eigenvalue weighted by Crippen LogP contribution is 2.40. The van der Waals surface area contributed by atoms with Crippen molar-refractivity contribution in [1.29, 1.82) is 0 Å². The third kappa shape index (κ3) is 3.73. The SMILES string of the molecule is CCOC(=O)C1=C(C(C)C)NC(C)=C(C(=O)O)C1c1ccc(F)cc1. The van der Waals surface area contributed by atoms with Crippen LogP contribution >= 0.6 is 0 Å². The van der Waals surface area contributed by atoms with Crippen molar-refractivity contribution in [2.75, 3.05) is 6.61 Å². The summed E-state index contributed by atoms with van der Waals surface area (Å²) in [6.07, 6.45) is 0. The van der Waals surface area contributed by atoms with Crippen LogP contribution in [-0.2, 0) is 14.3 Å². The number of rotatable bonds is 5. The van der Waals surface area contributed by atoms with Crippen molar-refractivity contribution in [2.45, 2.75) is 33.6 Å². The topological polar surface area (TPSA) is 75.6 Å². The average Bonchev–Trinajstić information content (AvgIpc) is 2.54. The Morgan fingerprint density at radius 2 is 1.84 bits per heavy atom. The third-order valence-corrected chi connectivity index (χ3v) is 4.10. The number of aliphatic carboxylic acids is 1. The molecule has 1 atom stereocenters. The first-order valence-electron chi connectivity index (χ1n) is 8.15. The molecular weight excluding hydrogens is 325 g/mol. The third-order valence-electron chi connectivity index (χ3n) is 4.10. The van der Waals surface area contributed by atoms with E-state index in [0.717, 1.165) is 0 Å². The Morgan fingerprint density at radius 3 is 2.32 bits per heavy atom. The molecule has 0 aromatic heterocycles. The minimum absolute atomic E-state index is 0.0485. The maximum atomic E-state index is 13.3. The molecule has 0 aliphatic carbocycles.